The molecule has 0 atom stereocenters. The quantitative estimate of drug-likeness (QED) is 0.800. The summed E-state index contributed by atoms with van der Waals surface area (Å²) in [5.41, 5.74) is 5.02. The molecule has 2 N–H and O–H groups in total. The van der Waals surface area contributed by atoms with E-state index in [1.807, 2.05) is 0 Å². The first kappa shape index (κ1) is 14.5. The minimum Gasteiger partial charge on any atom is -0.497 e. The van der Waals surface area contributed by atoms with Crippen molar-refractivity contribution in [3.8, 4) is 5.75 Å². The maximum atomic E-state index is 12.2. The first-order valence-corrected chi connectivity index (χ1v) is 6.78. The van der Waals surface area contributed by atoms with E-state index < -0.39 is 15.9 Å². The van der Waals surface area contributed by atoms with Crippen LogP contribution in [0.4, 0.5) is 0 Å². The van der Waals surface area contributed by atoms with Crippen molar-refractivity contribution in [3.63, 3.8) is 0 Å². The molecule has 1 rings (SSSR count). The van der Waals surface area contributed by atoms with Crippen LogP contribution < -0.4 is 10.5 Å². The zero-order chi connectivity index (χ0) is 13.8. The highest BCUT2D eigenvalue weighted by molar-refractivity contribution is 7.89. The van der Waals surface area contributed by atoms with Crippen LogP contribution in [0.1, 0.15) is 6.92 Å². The zero-order valence-corrected chi connectivity index (χ0v) is 11.1. The van der Waals surface area contributed by atoms with Crippen molar-refractivity contribution in [2.45, 2.75) is 11.8 Å². The van der Waals surface area contributed by atoms with Crippen LogP contribution in [0.2, 0.25) is 0 Å². The lowest BCUT2D eigenvalue weighted by Gasteiger charge is -2.18. The first-order chi connectivity index (χ1) is 8.41. The molecule has 6 nitrogen and oxygen atoms in total. The molecular weight excluding hydrogens is 256 g/mol. The Morgan fingerprint density at radius 3 is 2.28 bits per heavy atom. The molecule has 0 bridgehead atoms. The van der Waals surface area contributed by atoms with Crippen LogP contribution in [0.25, 0.3) is 0 Å². The molecule has 0 aliphatic heterocycles. The Morgan fingerprint density at radius 2 is 1.89 bits per heavy atom. The van der Waals surface area contributed by atoms with Gasteiger partial charge in [0, 0.05) is 6.54 Å². The Kier molecular flexibility index (Phi) is 4.69. The summed E-state index contributed by atoms with van der Waals surface area (Å²) in [6.45, 7) is 1.49. The lowest BCUT2D eigenvalue weighted by Crippen LogP contribution is -2.38. The van der Waals surface area contributed by atoms with Gasteiger partial charge in [-0.1, -0.05) is 6.92 Å². The third-order valence-corrected chi connectivity index (χ3v) is 4.32. The van der Waals surface area contributed by atoms with Crippen molar-refractivity contribution in [1.29, 1.82) is 0 Å². The number of benzene rings is 1. The van der Waals surface area contributed by atoms with E-state index in [0.717, 1.165) is 4.31 Å². The number of hydrogen-bond donors (Lipinski definition) is 1. The van der Waals surface area contributed by atoms with Gasteiger partial charge in [0.25, 0.3) is 0 Å². The molecule has 0 heterocycles. The fourth-order valence-electron chi connectivity index (χ4n) is 1.44. The summed E-state index contributed by atoms with van der Waals surface area (Å²) >= 11 is 0. The van der Waals surface area contributed by atoms with Gasteiger partial charge < -0.3 is 10.5 Å². The third-order valence-electron chi connectivity index (χ3n) is 2.38. The van der Waals surface area contributed by atoms with E-state index >= 15 is 0 Å². The third kappa shape index (κ3) is 3.21. The smallest absolute Gasteiger partial charge is 0.243 e. The largest absolute Gasteiger partial charge is 0.497 e. The van der Waals surface area contributed by atoms with Gasteiger partial charge in [-0.05, 0) is 24.3 Å². The van der Waals surface area contributed by atoms with Crippen LogP contribution in [-0.2, 0) is 14.8 Å². The lowest BCUT2D eigenvalue weighted by atomic mass is 10.3. The van der Waals surface area contributed by atoms with Crippen LogP contribution in [0.15, 0.2) is 29.2 Å². The normalized spacial score (nSPS) is 11.5. The van der Waals surface area contributed by atoms with Gasteiger partial charge in [-0.3, -0.25) is 4.79 Å². The molecule has 0 aromatic heterocycles. The summed E-state index contributed by atoms with van der Waals surface area (Å²) in [7, 11) is -2.20. The van der Waals surface area contributed by atoms with Gasteiger partial charge in [0.05, 0.1) is 18.6 Å². The first-order valence-electron chi connectivity index (χ1n) is 5.34. The SMILES string of the molecule is CCN(CC(N)=O)S(=O)(=O)c1ccc(OC)cc1. The average Bonchev–Trinajstić information content (AvgIpc) is 2.35. The van der Waals surface area contributed by atoms with Gasteiger partial charge >= 0.3 is 0 Å². The number of carbonyl (C=O) groups is 1. The second-order valence-corrected chi connectivity index (χ2v) is 5.51. The van der Waals surface area contributed by atoms with E-state index in [0.29, 0.717) is 5.75 Å². The second kappa shape index (κ2) is 5.83. The van der Waals surface area contributed by atoms with E-state index in [4.69, 9.17) is 10.5 Å². The number of likely N-dealkylation sites (N-methyl/N-ethyl adjacent to an activating group) is 1. The molecule has 1 aromatic rings. The molecular formula is C11H16N2O4S. The molecule has 0 saturated carbocycles. The van der Waals surface area contributed by atoms with Crippen LogP contribution >= 0.6 is 0 Å². The number of carbonyl (C=O) groups excluding carboxylic acids is 1. The van der Waals surface area contributed by atoms with Gasteiger partial charge in [-0.15, -0.1) is 0 Å². The van der Waals surface area contributed by atoms with E-state index in [1.165, 1.54) is 19.2 Å². The number of methoxy groups -OCH3 is 1. The van der Waals surface area contributed by atoms with Crippen molar-refractivity contribution in [2.75, 3.05) is 20.2 Å². The van der Waals surface area contributed by atoms with Crippen LogP contribution in [0, 0.1) is 0 Å². The van der Waals surface area contributed by atoms with Crippen molar-refractivity contribution < 1.29 is 17.9 Å². The number of amides is 1. The minimum absolute atomic E-state index is 0.103. The Morgan fingerprint density at radius 1 is 1.33 bits per heavy atom. The molecule has 0 radical (unpaired) electrons. The monoisotopic (exact) mass is 272 g/mol. The molecule has 0 fully saturated rings. The zero-order valence-electron chi connectivity index (χ0n) is 10.3. The van der Waals surface area contributed by atoms with Crippen molar-refractivity contribution in [1.82, 2.24) is 4.31 Å². The van der Waals surface area contributed by atoms with Crippen LogP contribution in [0.5, 0.6) is 5.75 Å². The molecule has 18 heavy (non-hydrogen) atoms. The summed E-state index contributed by atoms with van der Waals surface area (Å²) in [6, 6.07) is 5.95. The highest BCUT2D eigenvalue weighted by Crippen LogP contribution is 2.18. The highest BCUT2D eigenvalue weighted by Gasteiger charge is 2.24. The van der Waals surface area contributed by atoms with Gasteiger partial charge in [0.15, 0.2) is 0 Å². The van der Waals surface area contributed by atoms with Crippen molar-refractivity contribution in [2.24, 2.45) is 5.73 Å². The molecule has 0 unspecified atom stereocenters. The molecule has 0 aliphatic carbocycles. The number of sulfonamides is 1. The van der Waals surface area contributed by atoms with Gasteiger partial charge in [0.2, 0.25) is 15.9 Å². The predicted octanol–water partition coefficient (Wildman–Crippen LogP) is 0.191. The fourth-order valence-corrected chi connectivity index (χ4v) is 2.85. The maximum absolute atomic E-state index is 12.2. The number of nitrogens with zero attached hydrogens (tertiary/aromatic N) is 1. The Balaban J connectivity index is 3.06. The van der Waals surface area contributed by atoms with E-state index in [1.54, 1.807) is 19.1 Å². The van der Waals surface area contributed by atoms with Crippen molar-refractivity contribution in [3.05, 3.63) is 24.3 Å². The summed E-state index contributed by atoms with van der Waals surface area (Å²) in [5, 5.41) is 0. The Labute approximate surface area is 106 Å². The van der Waals surface area contributed by atoms with Gasteiger partial charge in [-0.2, -0.15) is 4.31 Å². The number of hydrogen-bond acceptors (Lipinski definition) is 4. The Hall–Kier alpha value is -1.60. The summed E-state index contributed by atoms with van der Waals surface area (Å²) in [4.78, 5) is 10.9. The highest BCUT2D eigenvalue weighted by atomic mass is 32.2. The second-order valence-electron chi connectivity index (χ2n) is 3.57. The van der Waals surface area contributed by atoms with Gasteiger partial charge in [0.1, 0.15) is 5.75 Å². The van der Waals surface area contributed by atoms with Crippen LogP contribution in [-0.4, -0.2) is 38.8 Å². The van der Waals surface area contributed by atoms with E-state index in [9.17, 15) is 13.2 Å². The number of primary amides is 1. The average molecular weight is 272 g/mol. The van der Waals surface area contributed by atoms with E-state index in [2.05, 4.69) is 0 Å². The molecule has 7 heteroatoms. The Bertz CT molecular complexity index is 510. The van der Waals surface area contributed by atoms with Crippen LogP contribution in [0.3, 0.4) is 0 Å². The minimum atomic E-state index is -3.69. The molecule has 1 amide bonds. The molecule has 0 saturated heterocycles. The molecule has 100 valence electrons. The summed E-state index contributed by atoms with van der Waals surface area (Å²) in [6.07, 6.45) is 0. The molecule has 0 spiro atoms. The standard InChI is InChI=1S/C11H16N2O4S/c1-3-13(8-11(12)14)18(15,16)10-6-4-9(17-2)5-7-10/h4-7H,3,8H2,1-2H3,(H2,12,14). The maximum Gasteiger partial charge on any atom is 0.243 e. The van der Waals surface area contributed by atoms with E-state index in [-0.39, 0.29) is 18.0 Å². The summed E-state index contributed by atoms with van der Waals surface area (Å²) < 4.78 is 30.3. The molecule has 1 aromatic carbocycles. The fraction of sp³-hybridized carbons (Fsp3) is 0.364. The predicted molar refractivity (Wildman–Crippen MR) is 66.6 cm³/mol. The topological polar surface area (TPSA) is 89.7 Å². The number of rotatable bonds is 6. The summed E-state index contributed by atoms with van der Waals surface area (Å²) in [5.74, 6) is -0.124. The molecule has 0 aliphatic rings. The van der Waals surface area contributed by atoms with Gasteiger partial charge in [-0.25, -0.2) is 8.42 Å². The number of nitrogens with two attached hydrogens (primary N) is 1. The number of ether oxygens (including phenoxy) is 1. The lowest BCUT2D eigenvalue weighted by molar-refractivity contribution is -0.118. The van der Waals surface area contributed by atoms with Crippen molar-refractivity contribution >= 4 is 15.9 Å².